The summed E-state index contributed by atoms with van der Waals surface area (Å²) in [6, 6.07) is 13.2. The molecule has 11 rings (SSSR count). The van der Waals surface area contributed by atoms with Gasteiger partial charge < -0.3 is 86.5 Å². The van der Waals surface area contributed by atoms with Gasteiger partial charge in [0.05, 0.1) is 42.7 Å². The highest BCUT2D eigenvalue weighted by Crippen LogP contribution is 2.37. The molecule has 130 heavy (non-hydrogen) atoms. The number of hydrogen-bond donors (Lipinski definition) is 10. The number of ketones is 3. The van der Waals surface area contributed by atoms with Crippen LogP contribution in [0.15, 0.2) is 117 Å². The average Bonchev–Trinajstić information content (AvgIpc) is 0.817. The zero-order valence-electron chi connectivity index (χ0n) is 79.0. The normalized spacial score (nSPS) is 20.5. The van der Waals surface area contributed by atoms with E-state index >= 15 is 0 Å². The largest absolute Gasteiger partial charge is 0.508 e. The number of ether oxygens (including phenoxy) is 7. The van der Waals surface area contributed by atoms with Crippen molar-refractivity contribution in [2.24, 2.45) is 11.5 Å². The van der Waals surface area contributed by atoms with Crippen LogP contribution < -0.4 is 52.3 Å². The van der Waals surface area contributed by atoms with Gasteiger partial charge in [0, 0.05) is 114 Å². The number of carbonyl (C=O) groups excluding carboxylic acids is 9. The minimum absolute atomic E-state index is 0.00657. The number of carboxylic acid groups (broad SMARTS) is 1. The summed E-state index contributed by atoms with van der Waals surface area (Å²) in [5.74, 6) is -0.404. The topological polar surface area (TPSA) is 408 Å². The maximum Gasteiger partial charge on any atom is 0.407 e. The fraction of sp³-hybridized carbons (Fsp3) is 0.535. The molecule has 0 aliphatic heterocycles. The predicted octanol–water partition coefficient (Wildman–Crippen LogP) is 19.8. The molecule has 0 heterocycles. The second-order valence-corrected chi connectivity index (χ2v) is 39.1. The number of carboxylic acids is 1. The average molecular weight is 1890 g/mol. The van der Waals surface area contributed by atoms with Crippen molar-refractivity contribution >= 4 is 106 Å². The summed E-state index contributed by atoms with van der Waals surface area (Å²) in [5, 5.41) is 43.8. The molecule has 0 atom stereocenters. The van der Waals surface area contributed by atoms with E-state index < -0.39 is 40.9 Å². The zero-order chi connectivity index (χ0) is 97.1. The number of nitrogens with two attached hydrogens (primary N) is 2. The lowest BCUT2D eigenvalue weighted by Gasteiger charge is -2.31. The van der Waals surface area contributed by atoms with E-state index in [0.717, 1.165) is 167 Å². The molecule has 31 heteroatoms. The Balaban J connectivity index is 0.000000252. The highest BCUT2D eigenvalue weighted by atomic mass is 35.5. The quantitative estimate of drug-likeness (QED) is 0.0327. The number of phenols is 1. The Bertz CT molecular complexity index is 4940. The molecule has 7 aliphatic rings. The second-order valence-electron chi connectivity index (χ2n) is 37.3. The van der Waals surface area contributed by atoms with Gasteiger partial charge in [0.1, 0.15) is 39.8 Å². The van der Waals surface area contributed by atoms with Crippen molar-refractivity contribution < 1.29 is 96.4 Å². The fourth-order valence-electron chi connectivity index (χ4n) is 15.6. The molecule has 5 amide bonds. The van der Waals surface area contributed by atoms with Crippen LogP contribution in [0.5, 0.6) is 23.0 Å². The van der Waals surface area contributed by atoms with Crippen molar-refractivity contribution in [1.82, 2.24) is 26.6 Å². The molecular weight excluding hydrogens is 1750 g/mol. The molecule has 0 unspecified atom stereocenters. The van der Waals surface area contributed by atoms with Crippen LogP contribution in [0.2, 0.25) is 20.1 Å². The number of hydrogen-bond acceptors (Lipinski definition) is 21. The van der Waals surface area contributed by atoms with Crippen LogP contribution in [-0.4, -0.2) is 167 Å². The molecular formula is C99H135Cl4N7O20. The van der Waals surface area contributed by atoms with Crippen molar-refractivity contribution in [2.45, 2.75) is 319 Å². The van der Waals surface area contributed by atoms with E-state index in [2.05, 4.69) is 31.3 Å². The number of esters is 1. The summed E-state index contributed by atoms with van der Waals surface area (Å²) in [5.41, 5.74) is 22.0. The maximum atomic E-state index is 13.0. The third-order valence-electron chi connectivity index (χ3n) is 22.5. The van der Waals surface area contributed by atoms with Crippen LogP contribution >= 0.6 is 46.4 Å². The van der Waals surface area contributed by atoms with E-state index in [-0.39, 0.29) is 114 Å². The second kappa shape index (κ2) is 50.2. The van der Waals surface area contributed by atoms with E-state index in [1.165, 1.54) is 25.3 Å². The molecule has 0 radical (unpaired) electrons. The number of amides is 5. The number of aromatic hydroxyl groups is 1. The van der Waals surface area contributed by atoms with Gasteiger partial charge in [-0.05, 0) is 320 Å². The van der Waals surface area contributed by atoms with Gasteiger partial charge in [0.15, 0.2) is 17.3 Å². The number of benzene rings is 4. The van der Waals surface area contributed by atoms with Crippen LogP contribution in [-0.2, 0) is 33.3 Å². The number of alkyl carbamates (subject to hydrolysis) is 3. The standard InChI is InChI=1S/C28H37ClN2O5.C23H29ClN2O3.C19H26ClNO5.C11H21NO3.C9H9ClO3.C9H13NO/c1-16-11-17(2)23(24(32)12-16)15-30-26(33)22-13-19(29)14-25(18(22)3)35-21-9-7-20(8-10-21)31-27(34)36-28(4,5)6;1-13-8-14(2)20(21(27)9-13)12-26-23(28)19-10-16(24)11-22(15(19)3)29-18-6-4-17(25)5-7-18;1-11-15(17(22)23)9-12(20)10-16(11)25-14-7-5-13(6-8-14)21-18(24)26-19(2,3)4;1-11(2,3)15-10(14)12-8-4-6-9(13)7-5-8;1-5-7(9(12)13-2)3-6(10)4-8(5)11;1-6-3-7(2)8(5-10)9(11)4-6/h12-14,20-21H,7-11,15H2,1-6H3,(H,30,33)(H,31,34);9-11,17-18H,4-8,12,25H2,1-3H3,(H,26,28);9-10,13-14H,5-8H2,1-4H3,(H,21,24)(H,22,23);8-9,13H,4-7H2,1-3H3,(H,12,14);3-4,11H,1-2H3;4H,3,5,10H2,1-2H3. The summed E-state index contributed by atoms with van der Waals surface area (Å²) >= 11 is 24.3. The first kappa shape index (κ1) is 109. The summed E-state index contributed by atoms with van der Waals surface area (Å²) in [6.45, 7) is 36.0. The molecule has 27 nitrogen and oxygen atoms in total. The van der Waals surface area contributed by atoms with Gasteiger partial charge in [-0.25, -0.2) is 24.0 Å². The summed E-state index contributed by atoms with van der Waals surface area (Å²) < 4.78 is 38.7. The molecule has 4 aromatic rings. The fourth-order valence-corrected chi connectivity index (χ4v) is 16.5. The predicted molar refractivity (Wildman–Crippen MR) is 507 cm³/mol. The van der Waals surface area contributed by atoms with Crippen molar-refractivity contribution in [1.29, 1.82) is 0 Å². The number of aliphatic hydroxyl groups excluding tert-OH is 1. The third kappa shape index (κ3) is 36.4. The van der Waals surface area contributed by atoms with E-state index in [0.29, 0.717) is 82.8 Å². The SMILES string of the molecule is CC(C)(C)OC(=O)NC1CCC(O)CC1.CC1=CC(=O)C(CN)=C(C)C1.CC1=CC(=O)C(CNC(=O)c2cc(Cl)cc(OC3CCC(N)CC3)c2C)=C(C)C1.CC1=CC(=O)C(CNC(=O)c2cc(Cl)cc(OC3CCC(NC(=O)OC(C)(C)C)CC3)c2C)=C(C)C1.COC(=O)c1cc(Cl)cc(O)c1C.Cc1c(OC2CCC(NC(=O)OC(C)(C)C)CC2)cc(Cl)cc1C(=O)O. The summed E-state index contributed by atoms with van der Waals surface area (Å²) in [7, 11) is 1.28. The van der Waals surface area contributed by atoms with Crippen molar-refractivity contribution in [3.63, 3.8) is 0 Å². The number of carbonyl (C=O) groups is 10. The van der Waals surface area contributed by atoms with Crippen LogP contribution in [0.25, 0.3) is 0 Å². The van der Waals surface area contributed by atoms with Gasteiger partial charge in [-0.2, -0.15) is 0 Å². The van der Waals surface area contributed by atoms with Gasteiger partial charge >= 0.3 is 30.2 Å². The van der Waals surface area contributed by atoms with Crippen molar-refractivity contribution in [3.05, 3.63) is 182 Å². The molecule has 7 aliphatic carbocycles. The number of phenolic OH excluding ortho intramolecular Hbond substituents is 1. The van der Waals surface area contributed by atoms with Gasteiger partial charge in [-0.3, -0.25) is 24.0 Å². The lowest BCUT2D eigenvalue weighted by Crippen LogP contribution is -2.42. The lowest BCUT2D eigenvalue weighted by molar-refractivity contribution is -0.112. The highest BCUT2D eigenvalue weighted by Gasteiger charge is 2.32. The van der Waals surface area contributed by atoms with Gasteiger partial charge in [0.2, 0.25) is 0 Å². The molecule has 0 bridgehead atoms. The summed E-state index contributed by atoms with van der Waals surface area (Å²) in [6.07, 6.45) is 19.0. The Morgan fingerprint density at radius 2 is 0.708 bits per heavy atom. The summed E-state index contributed by atoms with van der Waals surface area (Å²) in [4.78, 5) is 119. The first-order valence-corrected chi connectivity index (χ1v) is 45.8. The van der Waals surface area contributed by atoms with Crippen molar-refractivity contribution in [3.8, 4) is 23.0 Å². The van der Waals surface area contributed by atoms with Crippen LogP contribution in [0.1, 0.15) is 290 Å². The molecule has 4 aromatic carbocycles. The molecule has 0 spiro atoms. The minimum atomic E-state index is -1.03. The molecule has 714 valence electrons. The number of rotatable bonds is 18. The number of halogens is 4. The lowest BCUT2D eigenvalue weighted by atomic mass is 9.92. The smallest absolute Gasteiger partial charge is 0.407 e. The first-order valence-electron chi connectivity index (χ1n) is 44.3. The Hall–Kier alpha value is -9.74. The first-order chi connectivity index (χ1) is 60.7. The molecule has 0 saturated heterocycles. The van der Waals surface area contributed by atoms with E-state index in [4.69, 9.17) is 86.3 Å². The third-order valence-corrected chi connectivity index (χ3v) is 23.4. The number of aromatic carboxylic acids is 1. The number of allylic oxidation sites excluding steroid dienone is 9. The zero-order valence-corrected chi connectivity index (χ0v) is 82.0. The van der Waals surface area contributed by atoms with Gasteiger partial charge in [-0.1, -0.05) is 79.8 Å². The Labute approximate surface area is 785 Å². The van der Waals surface area contributed by atoms with Crippen LogP contribution in [0, 0.1) is 27.7 Å². The van der Waals surface area contributed by atoms with E-state index in [1.54, 1.807) is 62.4 Å². The van der Waals surface area contributed by atoms with Gasteiger partial charge in [-0.15, -0.1) is 0 Å². The van der Waals surface area contributed by atoms with Crippen LogP contribution in [0.4, 0.5) is 14.4 Å². The number of nitrogens with one attached hydrogen (secondary N) is 5. The molecule has 4 saturated carbocycles. The maximum absolute atomic E-state index is 13.0. The number of methoxy groups -OCH3 is 1. The monoisotopic (exact) mass is 1880 g/mol. The minimum Gasteiger partial charge on any atom is -0.508 e. The Morgan fingerprint density at radius 3 is 1.02 bits per heavy atom. The Kier molecular flexibility index (Phi) is 42.1. The van der Waals surface area contributed by atoms with Gasteiger partial charge in [0.25, 0.3) is 11.8 Å². The molecule has 12 N–H and O–H groups in total. The van der Waals surface area contributed by atoms with Crippen molar-refractivity contribution in [2.75, 3.05) is 26.7 Å². The number of aliphatic hydroxyl groups is 1. The van der Waals surface area contributed by atoms with E-state index in [9.17, 15) is 63.3 Å². The molecule has 4 fully saturated rings. The van der Waals surface area contributed by atoms with Crippen LogP contribution in [0.3, 0.4) is 0 Å². The highest BCUT2D eigenvalue weighted by molar-refractivity contribution is 6.32. The van der Waals surface area contributed by atoms with E-state index in [1.807, 2.05) is 118 Å². The molecule has 0 aromatic heterocycles. The Morgan fingerprint density at radius 1 is 0.415 bits per heavy atom.